The van der Waals surface area contributed by atoms with E-state index in [1.165, 1.54) is 0 Å². The van der Waals surface area contributed by atoms with Crippen molar-refractivity contribution in [2.75, 3.05) is 14.1 Å². The van der Waals surface area contributed by atoms with Gasteiger partial charge in [-0.1, -0.05) is 44.0 Å². The normalized spacial score (nSPS) is 10.7. The second kappa shape index (κ2) is 10.4. The summed E-state index contributed by atoms with van der Waals surface area (Å²) in [4.78, 5) is 28.3. The number of nitrogens with zero attached hydrogens (tertiary/aromatic N) is 2. The average molecular weight is 497 g/mol. The molecular weight excluding hydrogens is 474 g/mol. The number of nitrogens with two attached hydrogens (primary N) is 1. The van der Waals surface area contributed by atoms with Gasteiger partial charge in [-0.05, 0) is 56.2 Å². The van der Waals surface area contributed by atoms with Crippen molar-refractivity contribution in [3.05, 3.63) is 67.6 Å². The standard InChI is InChI=1S/C12H15BrN2O.C8H8BrNO/c1-8-5-6-10(7-11(8)13)12(16)14-9(2)15(3)4;1-5-2-3-6(8(10)11)4-7(5)9/h5-7H,1-4H3;2-4H,1H3,(H2,10,11). The van der Waals surface area contributed by atoms with E-state index in [2.05, 4.69) is 36.9 Å². The van der Waals surface area contributed by atoms with Gasteiger partial charge in [0, 0.05) is 34.2 Å². The lowest BCUT2D eigenvalue weighted by molar-refractivity contribution is 0.0992. The highest BCUT2D eigenvalue weighted by molar-refractivity contribution is 9.10. The number of hydrogen-bond acceptors (Lipinski definition) is 2. The number of aliphatic imine (C=N–C) groups is 1. The van der Waals surface area contributed by atoms with Crippen LogP contribution in [0.5, 0.6) is 0 Å². The number of primary amides is 1. The summed E-state index contributed by atoms with van der Waals surface area (Å²) in [6.45, 7) is 5.74. The molecule has 0 saturated carbocycles. The number of carbonyl (C=O) groups is 2. The zero-order chi connectivity index (χ0) is 20.7. The van der Waals surface area contributed by atoms with Gasteiger partial charge >= 0.3 is 0 Å². The molecule has 0 spiro atoms. The Hall–Kier alpha value is -1.99. The summed E-state index contributed by atoms with van der Waals surface area (Å²) in [6.07, 6.45) is 0. The van der Waals surface area contributed by atoms with Gasteiger partial charge in [0.1, 0.15) is 5.84 Å². The quantitative estimate of drug-likeness (QED) is 0.482. The monoisotopic (exact) mass is 495 g/mol. The third kappa shape index (κ3) is 7.27. The maximum Gasteiger partial charge on any atom is 0.278 e. The zero-order valence-corrected chi connectivity index (χ0v) is 19.2. The Bertz CT molecular complexity index is 878. The van der Waals surface area contributed by atoms with Crippen molar-refractivity contribution in [1.82, 2.24) is 4.90 Å². The molecule has 0 heterocycles. The van der Waals surface area contributed by atoms with Crippen LogP contribution in [0, 0.1) is 13.8 Å². The Kier molecular flexibility index (Phi) is 8.85. The van der Waals surface area contributed by atoms with Crippen molar-refractivity contribution < 1.29 is 9.59 Å². The van der Waals surface area contributed by atoms with Crippen LogP contribution in [0.25, 0.3) is 0 Å². The maximum atomic E-state index is 11.8. The molecule has 7 heteroatoms. The molecule has 2 rings (SSSR count). The number of amidine groups is 1. The first-order chi connectivity index (χ1) is 12.5. The Labute approximate surface area is 176 Å². The van der Waals surface area contributed by atoms with Gasteiger partial charge in [0.05, 0.1) is 0 Å². The van der Waals surface area contributed by atoms with E-state index < -0.39 is 5.91 Å². The van der Waals surface area contributed by atoms with Crippen LogP contribution in [-0.2, 0) is 0 Å². The van der Waals surface area contributed by atoms with Crippen molar-refractivity contribution in [3.8, 4) is 0 Å². The SMILES string of the molecule is CC(=NC(=O)c1ccc(C)c(Br)c1)N(C)C.Cc1ccc(C(N)=O)cc1Br. The number of carbonyl (C=O) groups excluding carboxylic acids is 2. The highest BCUT2D eigenvalue weighted by Crippen LogP contribution is 2.18. The molecular formula is C20H23Br2N3O2. The molecule has 0 fully saturated rings. The fourth-order valence-corrected chi connectivity index (χ4v) is 2.54. The van der Waals surface area contributed by atoms with E-state index in [-0.39, 0.29) is 5.91 Å². The van der Waals surface area contributed by atoms with Crippen molar-refractivity contribution in [2.45, 2.75) is 20.8 Å². The molecule has 2 aromatic carbocycles. The van der Waals surface area contributed by atoms with Crippen LogP contribution in [-0.4, -0.2) is 36.6 Å². The van der Waals surface area contributed by atoms with Gasteiger partial charge in [-0.3, -0.25) is 9.59 Å². The van der Waals surface area contributed by atoms with Crippen LogP contribution in [0.3, 0.4) is 0 Å². The van der Waals surface area contributed by atoms with E-state index in [4.69, 9.17) is 5.73 Å². The van der Waals surface area contributed by atoms with Crippen LogP contribution >= 0.6 is 31.9 Å². The molecule has 2 N–H and O–H groups in total. The third-order valence-corrected chi connectivity index (χ3v) is 5.49. The van der Waals surface area contributed by atoms with Crippen molar-refractivity contribution in [2.24, 2.45) is 10.7 Å². The largest absolute Gasteiger partial charge is 0.366 e. The first-order valence-electron chi connectivity index (χ1n) is 8.12. The highest BCUT2D eigenvalue weighted by atomic mass is 79.9. The molecule has 144 valence electrons. The topological polar surface area (TPSA) is 75.8 Å². The maximum absolute atomic E-state index is 11.8. The summed E-state index contributed by atoms with van der Waals surface area (Å²) in [7, 11) is 3.72. The van der Waals surface area contributed by atoms with E-state index in [9.17, 15) is 9.59 Å². The Morgan fingerprint density at radius 3 is 1.78 bits per heavy atom. The molecule has 27 heavy (non-hydrogen) atoms. The fourth-order valence-electron chi connectivity index (χ4n) is 1.78. The average Bonchev–Trinajstić information content (AvgIpc) is 2.59. The number of hydrogen-bond donors (Lipinski definition) is 1. The minimum Gasteiger partial charge on any atom is -0.366 e. The summed E-state index contributed by atoms with van der Waals surface area (Å²) < 4.78 is 1.84. The number of halogens is 2. The molecule has 0 aliphatic rings. The summed E-state index contributed by atoms with van der Waals surface area (Å²) >= 11 is 6.70. The van der Waals surface area contributed by atoms with Crippen LogP contribution in [0.1, 0.15) is 38.8 Å². The fraction of sp³-hybridized carbons (Fsp3) is 0.250. The van der Waals surface area contributed by atoms with E-state index in [1.807, 2.05) is 40.1 Å². The van der Waals surface area contributed by atoms with Gasteiger partial charge in [0.15, 0.2) is 0 Å². The lowest BCUT2D eigenvalue weighted by Gasteiger charge is -2.10. The van der Waals surface area contributed by atoms with Crippen molar-refractivity contribution >= 4 is 49.5 Å². The molecule has 0 radical (unpaired) electrons. The van der Waals surface area contributed by atoms with Crippen LogP contribution in [0.2, 0.25) is 0 Å². The van der Waals surface area contributed by atoms with Gasteiger partial charge < -0.3 is 10.6 Å². The number of amides is 2. The van der Waals surface area contributed by atoms with Crippen molar-refractivity contribution in [1.29, 1.82) is 0 Å². The van der Waals surface area contributed by atoms with E-state index in [1.54, 1.807) is 36.1 Å². The van der Waals surface area contributed by atoms with Gasteiger partial charge in [-0.15, -0.1) is 0 Å². The van der Waals surface area contributed by atoms with Crippen LogP contribution < -0.4 is 5.73 Å². The molecule has 0 bridgehead atoms. The van der Waals surface area contributed by atoms with Crippen molar-refractivity contribution in [3.63, 3.8) is 0 Å². The smallest absolute Gasteiger partial charge is 0.278 e. The summed E-state index contributed by atoms with van der Waals surface area (Å²) in [5.74, 6) is 0.0827. The highest BCUT2D eigenvalue weighted by Gasteiger charge is 2.07. The van der Waals surface area contributed by atoms with Gasteiger partial charge in [0.25, 0.3) is 5.91 Å². The molecule has 0 saturated heterocycles. The lowest BCUT2D eigenvalue weighted by atomic mass is 10.1. The zero-order valence-electron chi connectivity index (χ0n) is 16.0. The predicted molar refractivity (Wildman–Crippen MR) is 117 cm³/mol. The summed E-state index contributed by atoms with van der Waals surface area (Å²) in [5.41, 5.74) is 8.39. The Morgan fingerprint density at radius 2 is 1.37 bits per heavy atom. The molecule has 0 unspecified atom stereocenters. The van der Waals surface area contributed by atoms with Crippen LogP contribution in [0.15, 0.2) is 50.3 Å². The minimum absolute atomic E-state index is 0.216. The molecule has 0 aliphatic carbocycles. The molecule has 2 aromatic rings. The molecule has 0 aromatic heterocycles. The third-order valence-electron chi connectivity index (χ3n) is 3.79. The van der Waals surface area contributed by atoms with E-state index in [0.29, 0.717) is 17.0 Å². The molecule has 0 aliphatic heterocycles. The Balaban J connectivity index is 0.000000289. The molecule has 0 atom stereocenters. The van der Waals surface area contributed by atoms with Crippen LogP contribution in [0.4, 0.5) is 0 Å². The van der Waals surface area contributed by atoms with Gasteiger partial charge in [-0.25, -0.2) is 0 Å². The number of rotatable bonds is 2. The Morgan fingerprint density at radius 1 is 0.926 bits per heavy atom. The first kappa shape index (κ1) is 23.0. The number of aryl methyl sites for hydroxylation is 2. The van der Waals surface area contributed by atoms with E-state index in [0.717, 1.165) is 20.1 Å². The summed E-state index contributed by atoms with van der Waals surface area (Å²) in [6, 6.07) is 10.8. The lowest BCUT2D eigenvalue weighted by Crippen LogP contribution is -2.19. The van der Waals surface area contributed by atoms with Gasteiger partial charge in [0.2, 0.25) is 5.91 Å². The second-order valence-electron chi connectivity index (χ2n) is 6.15. The molecule has 5 nitrogen and oxygen atoms in total. The summed E-state index contributed by atoms with van der Waals surface area (Å²) in [5, 5.41) is 0. The van der Waals surface area contributed by atoms with E-state index >= 15 is 0 Å². The second-order valence-corrected chi connectivity index (χ2v) is 7.86. The predicted octanol–water partition coefficient (Wildman–Crippen LogP) is 4.73. The first-order valence-corrected chi connectivity index (χ1v) is 9.70. The number of benzene rings is 2. The van der Waals surface area contributed by atoms with Gasteiger partial charge in [-0.2, -0.15) is 4.99 Å². The molecule has 2 amide bonds. The minimum atomic E-state index is -0.398.